The van der Waals surface area contributed by atoms with Gasteiger partial charge in [0.25, 0.3) is 5.91 Å². The number of hydrogen-bond acceptors (Lipinski definition) is 4. The fourth-order valence-corrected chi connectivity index (χ4v) is 3.84. The van der Waals surface area contributed by atoms with Crippen LogP contribution in [0.1, 0.15) is 43.2 Å². The zero-order valence-electron chi connectivity index (χ0n) is 16.7. The van der Waals surface area contributed by atoms with Gasteiger partial charge in [0.2, 0.25) is 5.60 Å². The molecule has 2 N–H and O–H groups in total. The Morgan fingerprint density at radius 1 is 1.20 bits per heavy atom. The quantitative estimate of drug-likeness (QED) is 0.709. The van der Waals surface area contributed by atoms with Gasteiger partial charge in [0.15, 0.2) is 0 Å². The van der Waals surface area contributed by atoms with Gasteiger partial charge in [0.05, 0.1) is 17.7 Å². The van der Waals surface area contributed by atoms with Gasteiger partial charge in [0, 0.05) is 17.2 Å². The van der Waals surface area contributed by atoms with Crippen LogP contribution in [0.25, 0.3) is 0 Å². The van der Waals surface area contributed by atoms with Crippen LogP contribution in [0.5, 0.6) is 5.75 Å². The Labute approximate surface area is 181 Å². The standard InChI is InChI=1S/C24H23ClN2O3/c1-30-21-11-7-17(8-12-21)13-14-24(29,19-5-3-2-4-6-19)23(28)27-20-10-9-18(16-26)22(25)15-20/h7-12,15,19,29H,2-6H2,1H3,(H,27,28)/t24-/m0/s1. The first kappa shape index (κ1) is 21.7. The third-order valence-electron chi connectivity index (χ3n) is 5.38. The molecule has 3 rings (SSSR count). The minimum absolute atomic E-state index is 0.237. The van der Waals surface area contributed by atoms with Crippen LogP contribution in [0.15, 0.2) is 42.5 Å². The maximum atomic E-state index is 13.1. The number of nitrogens with zero attached hydrogens (tertiary/aromatic N) is 1. The third-order valence-corrected chi connectivity index (χ3v) is 5.69. The summed E-state index contributed by atoms with van der Waals surface area (Å²) in [6.07, 6.45) is 4.45. The first-order valence-corrected chi connectivity index (χ1v) is 10.2. The number of methoxy groups -OCH3 is 1. The lowest BCUT2D eigenvalue weighted by atomic mass is 9.76. The highest BCUT2D eigenvalue weighted by atomic mass is 35.5. The molecule has 1 fully saturated rings. The normalized spacial score (nSPS) is 15.8. The zero-order chi connectivity index (χ0) is 21.6. The summed E-state index contributed by atoms with van der Waals surface area (Å²) in [5.41, 5.74) is -0.430. The number of amides is 1. The fourth-order valence-electron chi connectivity index (χ4n) is 3.62. The van der Waals surface area contributed by atoms with Gasteiger partial charge >= 0.3 is 0 Å². The Kier molecular flexibility index (Phi) is 7.00. The summed E-state index contributed by atoms with van der Waals surface area (Å²) in [6.45, 7) is 0. The van der Waals surface area contributed by atoms with Gasteiger partial charge in [-0.3, -0.25) is 4.79 Å². The van der Waals surface area contributed by atoms with Crippen molar-refractivity contribution in [3.05, 3.63) is 58.6 Å². The second-order valence-corrected chi connectivity index (χ2v) is 7.75. The van der Waals surface area contributed by atoms with Crippen molar-refractivity contribution in [2.75, 3.05) is 12.4 Å². The van der Waals surface area contributed by atoms with Crippen molar-refractivity contribution >= 4 is 23.2 Å². The minimum Gasteiger partial charge on any atom is -0.497 e. The molecule has 6 heteroatoms. The van der Waals surface area contributed by atoms with Gasteiger partial charge in [-0.05, 0) is 55.3 Å². The van der Waals surface area contributed by atoms with E-state index in [2.05, 4.69) is 17.2 Å². The number of nitrogens with one attached hydrogen (secondary N) is 1. The second kappa shape index (κ2) is 9.67. The number of nitriles is 1. The van der Waals surface area contributed by atoms with Crippen LogP contribution in [0, 0.1) is 29.1 Å². The van der Waals surface area contributed by atoms with Gasteiger partial charge in [0.1, 0.15) is 11.8 Å². The van der Waals surface area contributed by atoms with E-state index in [-0.39, 0.29) is 10.9 Å². The van der Waals surface area contributed by atoms with Gasteiger partial charge in [-0.2, -0.15) is 5.26 Å². The molecular formula is C24H23ClN2O3. The highest BCUT2D eigenvalue weighted by Crippen LogP contribution is 2.34. The molecule has 0 spiro atoms. The molecule has 154 valence electrons. The van der Waals surface area contributed by atoms with Crippen molar-refractivity contribution in [3.8, 4) is 23.7 Å². The van der Waals surface area contributed by atoms with Crippen LogP contribution in [0.2, 0.25) is 5.02 Å². The average molecular weight is 423 g/mol. The van der Waals surface area contributed by atoms with Crippen LogP contribution >= 0.6 is 11.6 Å². The maximum absolute atomic E-state index is 13.1. The Balaban J connectivity index is 1.89. The van der Waals surface area contributed by atoms with Crippen LogP contribution in [0.3, 0.4) is 0 Å². The highest BCUT2D eigenvalue weighted by Gasteiger charge is 2.43. The molecule has 5 nitrogen and oxygen atoms in total. The van der Waals surface area contributed by atoms with Crippen LogP contribution < -0.4 is 10.1 Å². The van der Waals surface area contributed by atoms with E-state index in [0.717, 1.165) is 32.1 Å². The van der Waals surface area contributed by atoms with E-state index in [9.17, 15) is 9.90 Å². The Morgan fingerprint density at radius 3 is 2.50 bits per heavy atom. The largest absolute Gasteiger partial charge is 0.497 e. The van der Waals surface area contributed by atoms with Crippen molar-refractivity contribution in [2.45, 2.75) is 37.7 Å². The zero-order valence-corrected chi connectivity index (χ0v) is 17.5. The highest BCUT2D eigenvalue weighted by molar-refractivity contribution is 6.32. The summed E-state index contributed by atoms with van der Waals surface area (Å²) in [6, 6.07) is 13.7. The van der Waals surface area contributed by atoms with Crippen LogP contribution in [0.4, 0.5) is 5.69 Å². The molecule has 30 heavy (non-hydrogen) atoms. The van der Waals surface area contributed by atoms with E-state index in [1.165, 1.54) is 12.1 Å². The summed E-state index contributed by atoms with van der Waals surface area (Å²) < 4.78 is 5.15. The van der Waals surface area contributed by atoms with Crippen molar-refractivity contribution in [1.29, 1.82) is 5.26 Å². The Hall–Kier alpha value is -2.99. The van der Waals surface area contributed by atoms with Crippen LogP contribution in [-0.4, -0.2) is 23.7 Å². The van der Waals surface area contributed by atoms with Crippen molar-refractivity contribution in [3.63, 3.8) is 0 Å². The molecule has 0 heterocycles. The lowest BCUT2D eigenvalue weighted by Crippen LogP contribution is -2.48. The molecule has 1 aliphatic carbocycles. The van der Waals surface area contributed by atoms with Crippen molar-refractivity contribution < 1.29 is 14.6 Å². The first-order chi connectivity index (χ1) is 14.5. The molecule has 1 amide bonds. The number of benzene rings is 2. The maximum Gasteiger partial charge on any atom is 0.269 e. The van der Waals surface area contributed by atoms with Gasteiger partial charge in [-0.25, -0.2) is 0 Å². The summed E-state index contributed by atoms with van der Waals surface area (Å²) in [7, 11) is 1.59. The topological polar surface area (TPSA) is 82.3 Å². The number of ether oxygens (including phenoxy) is 1. The van der Waals surface area contributed by atoms with Crippen molar-refractivity contribution in [1.82, 2.24) is 0 Å². The summed E-state index contributed by atoms with van der Waals surface area (Å²) in [5, 5.41) is 23.4. The molecule has 0 bridgehead atoms. The predicted molar refractivity (Wildman–Crippen MR) is 116 cm³/mol. The van der Waals surface area contributed by atoms with Gasteiger partial charge in [-0.15, -0.1) is 0 Å². The number of anilines is 1. The molecule has 1 aliphatic rings. The smallest absolute Gasteiger partial charge is 0.269 e. The van der Waals surface area contributed by atoms with E-state index < -0.39 is 11.5 Å². The number of rotatable bonds is 4. The van der Waals surface area contributed by atoms with E-state index in [1.54, 1.807) is 37.4 Å². The van der Waals surface area contributed by atoms with E-state index in [1.807, 2.05) is 6.07 Å². The van der Waals surface area contributed by atoms with Gasteiger partial charge < -0.3 is 15.2 Å². The summed E-state index contributed by atoms with van der Waals surface area (Å²) in [4.78, 5) is 13.1. The predicted octanol–water partition coefficient (Wildman–Crippen LogP) is 4.52. The molecule has 1 saturated carbocycles. The average Bonchev–Trinajstić information content (AvgIpc) is 2.78. The molecule has 0 aliphatic heterocycles. The Morgan fingerprint density at radius 2 is 1.90 bits per heavy atom. The van der Waals surface area contributed by atoms with Crippen molar-refractivity contribution in [2.24, 2.45) is 5.92 Å². The van der Waals surface area contributed by atoms with E-state index in [0.29, 0.717) is 22.6 Å². The lowest BCUT2D eigenvalue weighted by Gasteiger charge is -2.33. The molecular weight excluding hydrogens is 400 g/mol. The molecule has 1 atom stereocenters. The molecule has 0 radical (unpaired) electrons. The number of carbonyl (C=O) groups excluding carboxylic acids is 1. The second-order valence-electron chi connectivity index (χ2n) is 7.34. The third kappa shape index (κ3) is 4.94. The summed E-state index contributed by atoms with van der Waals surface area (Å²) >= 11 is 6.07. The SMILES string of the molecule is COc1ccc(C#C[C@@](O)(C(=O)Nc2ccc(C#N)c(Cl)c2)C2CCCCC2)cc1. The molecule has 0 aromatic heterocycles. The molecule has 0 saturated heterocycles. The van der Waals surface area contributed by atoms with E-state index >= 15 is 0 Å². The van der Waals surface area contributed by atoms with E-state index in [4.69, 9.17) is 21.6 Å². The molecule has 0 unspecified atom stereocenters. The monoisotopic (exact) mass is 422 g/mol. The fraction of sp³-hybridized carbons (Fsp3) is 0.333. The number of carbonyl (C=O) groups is 1. The number of hydrogen-bond donors (Lipinski definition) is 2. The number of halogens is 1. The summed E-state index contributed by atoms with van der Waals surface area (Å²) in [5.74, 6) is 5.65. The van der Waals surface area contributed by atoms with Gasteiger partial charge in [-0.1, -0.05) is 42.7 Å². The lowest BCUT2D eigenvalue weighted by molar-refractivity contribution is -0.134. The molecule has 2 aromatic carbocycles. The molecule has 2 aromatic rings. The number of aliphatic hydroxyl groups is 1. The Bertz CT molecular complexity index is 1010. The van der Waals surface area contributed by atoms with Crippen LogP contribution in [-0.2, 0) is 4.79 Å². The first-order valence-electron chi connectivity index (χ1n) is 9.87. The minimum atomic E-state index is -1.83.